The van der Waals surface area contributed by atoms with Crippen LogP contribution in [0.25, 0.3) is 11.4 Å². The summed E-state index contributed by atoms with van der Waals surface area (Å²) in [7, 11) is 0. The fourth-order valence-electron chi connectivity index (χ4n) is 3.86. The molecule has 0 aromatic carbocycles. The van der Waals surface area contributed by atoms with Gasteiger partial charge >= 0.3 is 0 Å². The van der Waals surface area contributed by atoms with Crippen molar-refractivity contribution in [2.75, 3.05) is 6.61 Å². The molecule has 0 atom stereocenters. The van der Waals surface area contributed by atoms with Crippen LogP contribution < -0.4 is 4.74 Å². The van der Waals surface area contributed by atoms with Gasteiger partial charge in [0.25, 0.3) is 0 Å². The van der Waals surface area contributed by atoms with Gasteiger partial charge in [0.2, 0.25) is 0 Å². The van der Waals surface area contributed by atoms with E-state index in [-0.39, 0.29) is 0 Å². The quantitative estimate of drug-likeness (QED) is 0.541. The summed E-state index contributed by atoms with van der Waals surface area (Å²) in [6.45, 7) is 5.18. The topological polar surface area (TPSA) is 60.8 Å². The first-order chi connectivity index (χ1) is 13.3. The van der Waals surface area contributed by atoms with Crippen LogP contribution >= 0.6 is 0 Å². The van der Waals surface area contributed by atoms with Crippen molar-refractivity contribution >= 4 is 0 Å². The maximum Gasteiger partial charge on any atom is 0.162 e. The van der Waals surface area contributed by atoms with Crippen molar-refractivity contribution in [1.29, 1.82) is 0 Å². The number of ether oxygens (including phenoxy) is 1. The largest absolute Gasteiger partial charge is 0.490 e. The Morgan fingerprint density at radius 2 is 1.56 bits per heavy atom. The molecule has 0 saturated heterocycles. The zero-order valence-electron chi connectivity index (χ0n) is 16.7. The average Bonchev–Trinajstić information content (AvgIpc) is 2.73. The molecule has 0 amide bonds. The number of unbranched alkanes of at least 4 members (excludes halogenated alkanes) is 2. The average molecular weight is 369 g/mol. The van der Waals surface area contributed by atoms with E-state index in [2.05, 4.69) is 33.8 Å². The third-order valence-electron chi connectivity index (χ3n) is 5.48. The van der Waals surface area contributed by atoms with E-state index in [1.807, 2.05) is 12.4 Å². The molecule has 5 heteroatoms. The lowest BCUT2D eigenvalue weighted by molar-refractivity contribution is 0.302. The second kappa shape index (κ2) is 10.3. The summed E-state index contributed by atoms with van der Waals surface area (Å²) in [6.07, 6.45) is 18.3. The Hall–Kier alpha value is -2.04. The number of hydrogen-bond donors (Lipinski definition) is 0. The Labute approximate surface area is 163 Å². The molecular weight excluding hydrogens is 336 g/mol. The molecular formula is C22H32N4O. The summed E-state index contributed by atoms with van der Waals surface area (Å²) >= 11 is 0. The Morgan fingerprint density at radius 1 is 0.852 bits per heavy atom. The lowest BCUT2D eigenvalue weighted by Gasteiger charge is -2.27. The normalized spacial score (nSPS) is 19.8. The SMILES string of the molecule is CCCCCOc1cnc(-c2cnc(C3CCC(CCC)CC3)nc2)nc1. The number of nitrogens with zero attached hydrogens (tertiary/aromatic N) is 4. The van der Waals surface area contributed by atoms with E-state index in [0.29, 0.717) is 11.7 Å². The highest BCUT2D eigenvalue weighted by Gasteiger charge is 2.23. The van der Waals surface area contributed by atoms with Gasteiger partial charge in [-0.05, 0) is 38.0 Å². The van der Waals surface area contributed by atoms with Crippen LogP contribution in [0.15, 0.2) is 24.8 Å². The smallest absolute Gasteiger partial charge is 0.162 e. The van der Waals surface area contributed by atoms with Crippen LogP contribution in [0.1, 0.15) is 83.4 Å². The third kappa shape index (κ3) is 5.72. The maximum absolute atomic E-state index is 5.67. The zero-order chi connectivity index (χ0) is 18.9. The summed E-state index contributed by atoms with van der Waals surface area (Å²) in [5.74, 6) is 3.75. The van der Waals surface area contributed by atoms with Gasteiger partial charge in [-0.2, -0.15) is 0 Å². The van der Waals surface area contributed by atoms with E-state index < -0.39 is 0 Å². The minimum atomic E-state index is 0.506. The number of rotatable bonds is 9. The van der Waals surface area contributed by atoms with E-state index in [4.69, 9.17) is 4.74 Å². The molecule has 1 aliphatic carbocycles. The van der Waals surface area contributed by atoms with Gasteiger partial charge in [-0.25, -0.2) is 19.9 Å². The monoisotopic (exact) mass is 368 g/mol. The highest BCUT2D eigenvalue weighted by Crippen LogP contribution is 2.36. The van der Waals surface area contributed by atoms with E-state index in [1.165, 1.54) is 51.4 Å². The third-order valence-corrected chi connectivity index (χ3v) is 5.48. The Bertz CT molecular complexity index is 664. The van der Waals surface area contributed by atoms with Crippen molar-refractivity contribution in [3.05, 3.63) is 30.6 Å². The lowest BCUT2D eigenvalue weighted by atomic mass is 9.80. The first-order valence-corrected chi connectivity index (χ1v) is 10.6. The highest BCUT2D eigenvalue weighted by atomic mass is 16.5. The molecule has 27 heavy (non-hydrogen) atoms. The van der Waals surface area contributed by atoms with Gasteiger partial charge < -0.3 is 4.74 Å². The van der Waals surface area contributed by atoms with Gasteiger partial charge in [0.15, 0.2) is 11.6 Å². The van der Waals surface area contributed by atoms with Crippen LogP contribution in [-0.4, -0.2) is 26.5 Å². The summed E-state index contributed by atoms with van der Waals surface area (Å²) in [4.78, 5) is 18.0. The molecule has 146 valence electrons. The van der Waals surface area contributed by atoms with Crippen molar-refractivity contribution < 1.29 is 4.74 Å². The minimum Gasteiger partial charge on any atom is -0.490 e. The van der Waals surface area contributed by atoms with Gasteiger partial charge in [-0.3, -0.25) is 0 Å². The molecule has 0 N–H and O–H groups in total. The highest BCUT2D eigenvalue weighted by molar-refractivity contribution is 5.51. The molecule has 1 saturated carbocycles. The summed E-state index contributed by atoms with van der Waals surface area (Å²) in [5.41, 5.74) is 0.857. The summed E-state index contributed by atoms with van der Waals surface area (Å²) in [6, 6.07) is 0. The van der Waals surface area contributed by atoms with E-state index in [9.17, 15) is 0 Å². The van der Waals surface area contributed by atoms with E-state index in [0.717, 1.165) is 36.1 Å². The van der Waals surface area contributed by atoms with Crippen LogP contribution in [0.3, 0.4) is 0 Å². The first-order valence-electron chi connectivity index (χ1n) is 10.6. The summed E-state index contributed by atoms with van der Waals surface area (Å²) < 4.78 is 5.67. The Kier molecular flexibility index (Phi) is 7.55. The van der Waals surface area contributed by atoms with Crippen molar-refractivity contribution in [3.63, 3.8) is 0 Å². The lowest BCUT2D eigenvalue weighted by Crippen LogP contribution is -2.15. The Morgan fingerprint density at radius 3 is 2.19 bits per heavy atom. The molecule has 0 spiro atoms. The van der Waals surface area contributed by atoms with Crippen molar-refractivity contribution in [2.24, 2.45) is 5.92 Å². The van der Waals surface area contributed by atoms with Gasteiger partial charge in [0, 0.05) is 18.3 Å². The van der Waals surface area contributed by atoms with Crippen LogP contribution in [0, 0.1) is 5.92 Å². The molecule has 0 aliphatic heterocycles. The fourth-order valence-corrected chi connectivity index (χ4v) is 3.86. The second-order valence-electron chi connectivity index (χ2n) is 7.63. The predicted molar refractivity (Wildman–Crippen MR) is 108 cm³/mol. The van der Waals surface area contributed by atoms with Gasteiger partial charge in [-0.15, -0.1) is 0 Å². The van der Waals surface area contributed by atoms with Crippen molar-refractivity contribution in [2.45, 2.75) is 77.6 Å². The molecule has 2 heterocycles. The molecule has 0 unspecified atom stereocenters. The molecule has 1 aliphatic rings. The Balaban J connectivity index is 1.54. The van der Waals surface area contributed by atoms with Crippen molar-refractivity contribution in [1.82, 2.24) is 19.9 Å². The molecule has 1 fully saturated rings. The molecule has 3 rings (SSSR count). The predicted octanol–water partition coefficient (Wildman–Crippen LogP) is 5.58. The number of aromatic nitrogens is 4. The standard InChI is InChI=1S/C22H32N4O/c1-3-5-6-12-27-20-15-25-22(26-16-20)19-13-23-21(24-14-19)18-10-8-17(7-4-2)9-11-18/h13-18H,3-12H2,1-2H3. The van der Waals surface area contributed by atoms with Crippen LogP contribution in [0.4, 0.5) is 0 Å². The van der Waals surface area contributed by atoms with Gasteiger partial charge in [0.1, 0.15) is 5.82 Å². The number of hydrogen-bond acceptors (Lipinski definition) is 5. The van der Waals surface area contributed by atoms with E-state index >= 15 is 0 Å². The van der Waals surface area contributed by atoms with E-state index in [1.54, 1.807) is 12.4 Å². The molecule has 2 aromatic rings. The molecule has 5 nitrogen and oxygen atoms in total. The maximum atomic E-state index is 5.67. The van der Waals surface area contributed by atoms with Crippen LogP contribution in [-0.2, 0) is 0 Å². The second-order valence-corrected chi connectivity index (χ2v) is 7.63. The molecule has 0 bridgehead atoms. The zero-order valence-corrected chi connectivity index (χ0v) is 16.7. The van der Waals surface area contributed by atoms with Gasteiger partial charge in [-0.1, -0.05) is 39.5 Å². The first kappa shape index (κ1) is 19.7. The minimum absolute atomic E-state index is 0.506. The molecule has 2 aromatic heterocycles. The fraction of sp³-hybridized carbons (Fsp3) is 0.636. The molecule has 0 radical (unpaired) electrons. The summed E-state index contributed by atoms with van der Waals surface area (Å²) in [5, 5.41) is 0. The van der Waals surface area contributed by atoms with Crippen LogP contribution in [0.5, 0.6) is 5.75 Å². The van der Waals surface area contributed by atoms with Crippen LogP contribution in [0.2, 0.25) is 0 Å². The van der Waals surface area contributed by atoms with Crippen molar-refractivity contribution in [3.8, 4) is 17.1 Å². The van der Waals surface area contributed by atoms with Gasteiger partial charge in [0.05, 0.1) is 24.6 Å².